The first-order valence-corrected chi connectivity index (χ1v) is 8.19. The fraction of sp³-hybridized carbons (Fsp3) is 0.500. The molecule has 1 aliphatic rings. The summed E-state index contributed by atoms with van der Waals surface area (Å²) in [5, 5.41) is 2.98. The topological polar surface area (TPSA) is 64.1 Å². The number of nitrogens with zero attached hydrogens (tertiary/aromatic N) is 3. The Balaban J connectivity index is 2.26. The van der Waals surface area contributed by atoms with E-state index in [0.29, 0.717) is 21.7 Å². The second-order valence-corrected chi connectivity index (χ2v) is 6.28. The van der Waals surface area contributed by atoms with Crippen LogP contribution < -0.4 is 16.3 Å². The van der Waals surface area contributed by atoms with Crippen LogP contribution >= 0.6 is 11.6 Å². The molecule has 3 rings (SSSR count). The Morgan fingerprint density at radius 1 is 1.23 bits per heavy atom. The first-order chi connectivity index (χ1) is 10.6. The lowest BCUT2D eigenvalue weighted by atomic mass is 10.2. The lowest BCUT2D eigenvalue weighted by molar-refractivity contribution is 0.521. The maximum Gasteiger partial charge on any atom is 0.281 e. The minimum absolute atomic E-state index is 0.121. The lowest BCUT2D eigenvalue weighted by Crippen LogP contribution is -2.46. The minimum Gasteiger partial charge on any atom is -0.322 e. The van der Waals surface area contributed by atoms with Gasteiger partial charge in [-0.05, 0) is 31.9 Å². The van der Waals surface area contributed by atoms with Crippen molar-refractivity contribution < 1.29 is 0 Å². The van der Waals surface area contributed by atoms with Gasteiger partial charge >= 0.3 is 0 Å². The molecule has 0 amide bonds. The van der Waals surface area contributed by atoms with Crippen molar-refractivity contribution in [2.75, 3.05) is 18.1 Å². The highest BCUT2D eigenvalue weighted by Crippen LogP contribution is 2.21. The normalized spacial score (nSPS) is 17.5. The molecule has 0 saturated carbocycles. The molecule has 118 valence electrons. The van der Waals surface area contributed by atoms with Gasteiger partial charge in [-0.3, -0.25) is 4.79 Å². The number of fused-ring (bicyclic) bond motifs is 1. The van der Waals surface area contributed by atoms with Gasteiger partial charge in [0.2, 0.25) is 0 Å². The van der Waals surface area contributed by atoms with E-state index in [1.165, 1.54) is 12.8 Å². The second kappa shape index (κ2) is 6.26. The second-order valence-electron chi connectivity index (χ2n) is 5.88. The van der Waals surface area contributed by atoms with Crippen molar-refractivity contribution in [2.45, 2.75) is 38.6 Å². The van der Waals surface area contributed by atoms with Crippen LogP contribution in [0.25, 0.3) is 10.9 Å². The predicted molar refractivity (Wildman–Crippen MR) is 90.0 cm³/mol. The number of nitrogens with two attached hydrogens (primary N) is 1. The number of hydrogen-bond acceptors (Lipinski definition) is 4. The van der Waals surface area contributed by atoms with Gasteiger partial charge in [0, 0.05) is 13.1 Å². The van der Waals surface area contributed by atoms with Crippen molar-refractivity contribution in [1.29, 1.82) is 0 Å². The van der Waals surface area contributed by atoms with Crippen LogP contribution in [0.3, 0.4) is 0 Å². The third-order valence-electron chi connectivity index (χ3n) is 4.12. The van der Waals surface area contributed by atoms with E-state index in [-0.39, 0.29) is 11.6 Å². The van der Waals surface area contributed by atoms with Gasteiger partial charge in [0.1, 0.15) is 5.82 Å². The van der Waals surface area contributed by atoms with Gasteiger partial charge < -0.3 is 10.7 Å². The minimum atomic E-state index is -0.320. The van der Waals surface area contributed by atoms with Gasteiger partial charge in [0.05, 0.1) is 22.0 Å². The zero-order chi connectivity index (χ0) is 15.7. The number of hydrogen-bond donors (Lipinski definition) is 1. The van der Waals surface area contributed by atoms with Crippen LogP contribution in [0.4, 0.5) is 0 Å². The highest BCUT2D eigenvalue weighted by atomic mass is 35.5. The van der Waals surface area contributed by atoms with Crippen molar-refractivity contribution >= 4 is 22.5 Å². The Morgan fingerprint density at radius 2 is 1.91 bits per heavy atom. The van der Waals surface area contributed by atoms with Crippen molar-refractivity contribution in [1.82, 2.24) is 9.66 Å². The van der Waals surface area contributed by atoms with E-state index in [0.717, 1.165) is 25.9 Å². The Labute approximate surface area is 134 Å². The Bertz CT molecular complexity index is 733. The quantitative estimate of drug-likeness (QED) is 0.923. The van der Waals surface area contributed by atoms with E-state index in [1.807, 2.05) is 6.92 Å². The molecule has 1 aromatic heterocycles. The van der Waals surface area contributed by atoms with E-state index >= 15 is 0 Å². The van der Waals surface area contributed by atoms with E-state index < -0.39 is 0 Å². The molecule has 1 aliphatic heterocycles. The zero-order valence-electron chi connectivity index (χ0n) is 12.8. The third-order valence-corrected chi connectivity index (χ3v) is 4.44. The summed E-state index contributed by atoms with van der Waals surface area (Å²) in [4.78, 5) is 17.6. The lowest BCUT2D eigenvalue weighted by Gasteiger charge is -2.28. The summed E-state index contributed by atoms with van der Waals surface area (Å²) < 4.78 is 1.66. The van der Waals surface area contributed by atoms with Crippen molar-refractivity contribution in [3.63, 3.8) is 0 Å². The first kappa shape index (κ1) is 15.3. The molecule has 1 atom stereocenters. The highest BCUT2D eigenvalue weighted by molar-refractivity contribution is 6.35. The summed E-state index contributed by atoms with van der Waals surface area (Å²) in [5.74, 6) is 0.599. The first-order valence-electron chi connectivity index (χ1n) is 7.81. The maximum atomic E-state index is 13.0. The molecule has 0 spiro atoms. The van der Waals surface area contributed by atoms with E-state index in [2.05, 4.69) is 9.99 Å². The van der Waals surface area contributed by atoms with Gasteiger partial charge in [-0.15, -0.1) is 0 Å². The molecular formula is C16H21ClN4O. The number of halogens is 1. The number of benzene rings is 1. The highest BCUT2D eigenvalue weighted by Gasteiger charge is 2.20. The molecule has 6 heteroatoms. The van der Waals surface area contributed by atoms with Crippen molar-refractivity contribution in [3.05, 3.63) is 39.4 Å². The monoisotopic (exact) mass is 320 g/mol. The fourth-order valence-electron chi connectivity index (χ4n) is 3.02. The van der Waals surface area contributed by atoms with Crippen LogP contribution in [0.1, 0.15) is 44.5 Å². The van der Waals surface area contributed by atoms with Crippen LogP contribution in [0.5, 0.6) is 0 Å². The molecule has 0 bridgehead atoms. The molecule has 2 N–H and O–H groups in total. The molecule has 22 heavy (non-hydrogen) atoms. The van der Waals surface area contributed by atoms with E-state index in [4.69, 9.17) is 17.3 Å². The third kappa shape index (κ3) is 2.71. The van der Waals surface area contributed by atoms with Gasteiger partial charge in [-0.25, -0.2) is 9.66 Å². The average molecular weight is 321 g/mol. The Kier molecular flexibility index (Phi) is 4.36. The summed E-state index contributed by atoms with van der Waals surface area (Å²) in [6.07, 6.45) is 4.54. The maximum absolute atomic E-state index is 13.0. The summed E-state index contributed by atoms with van der Waals surface area (Å²) in [6, 6.07) is 5.02. The fourth-order valence-corrected chi connectivity index (χ4v) is 3.27. The van der Waals surface area contributed by atoms with Crippen molar-refractivity contribution in [3.8, 4) is 0 Å². The van der Waals surface area contributed by atoms with Crippen molar-refractivity contribution in [2.24, 2.45) is 5.73 Å². The molecule has 0 radical (unpaired) electrons. The molecular weight excluding hydrogens is 300 g/mol. The Hall–Kier alpha value is -1.59. The summed E-state index contributed by atoms with van der Waals surface area (Å²) >= 11 is 6.23. The van der Waals surface area contributed by atoms with Gasteiger partial charge in [-0.1, -0.05) is 30.5 Å². The molecule has 2 aromatic rings. The van der Waals surface area contributed by atoms with Crippen LogP contribution in [0.2, 0.25) is 5.02 Å². The Morgan fingerprint density at radius 3 is 2.55 bits per heavy atom. The van der Waals surface area contributed by atoms with E-state index in [9.17, 15) is 4.79 Å². The SMILES string of the molecule is CC(N)c1nc2cccc(Cl)c2c(=O)n1N1CCCCCC1. The van der Waals surface area contributed by atoms with E-state index in [1.54, 1.807) is 22.9 Å². The van der Waals surface area contributed by atoms with Crippen LogP contribution in [0, 0.1) is 0 Å². The smallest absolute Gasteiger partial charge is 0.281 e. The molecule has 1 aromatic carbocycles. The van der Waals surface area contributed by atoms with Gasteiger partial charge in [0.25, 0.3) is 5.56 Å². The zero-order valence-corrected chi connectivity index (χ0v) is 13.5. The summed E-state index contributed by atoms with van der Waals surface area (Å²) in [6.45, 7) is 3.54. The standard InChI is InChI=1S/C16H21ClN4O/c1-11(18)15-19-13-8-6-7-12(17)14(13)16(22)21(15)20-9-4-2-3-5-10-20/h6-8,11H,2-5,9-10,18H2,1H3. The summed E-state index contributed by atoms with van der Waals surface area (Å²) in [7, 11) is 0. The molecule has 1 saturated heterocycles. The number of rotatable bonds is 2. The predicted octanol–water partition coefficient (Wildman–Crippen LogP) is 2.58. The molecule has 1 fully saturated rings. The molecule has 5 nitrogen and oxygen atoms in total. The summed E-state index contributed by atoms with van der Waals surface area (Å²) in [5.41, 5.74) is 6.56. The largest absolute Gasteiger partial charge is 0.322 e. The van der Waals surface area contributed by atoms with Gasteiger partial charge in [0.15, 0.2) is 0 Å². The molecule has 2 heterocycles. The number of aromatic nitrogens is 2. The van der Waals surface area contributed by atoms with Crippen LogP contribution in [-0.4, -0.2) is 22.7 Å². The molecule has 0 aliphatic carbocycles. The molecule has 1 unspecified atom stereocenters. The van der Waals surface area contributed by atoms with Crippen LogP contribution in [0.15, 0.2) is 23.0 Å². The van der Waals surface area contributed by atoms with Crippen LogP contribution in [-0.2, 0) is 0 Å². The van der Waals surface area contributed by atoms with Gasteiger partial charge in [-0.2, -0.15) is 0 Å². The average Bonchev–Trinajstić information content (AvgIpc) is 2.75.